The van der Waals surface area contributed by atoms with Crippen molar-refractivity contribution in [2.24, 2.45) is 0 Å². The maximum absolute atomic E-state index is 9.63. The van der Waals surface area contributed by atoms with Crippen LogP contribution in [0, 0.1) is 0 Å². The molecule has 0 aromatic heterocycles. The molecule has 1 radical (unpaired) electrons. The third-order valence-electron chi connectivity index (χ3n) is 0.903. The topological polar surface area (TPSA) is 26.3 Å². The lowest BCUT2D eigenvalue weighted by Crippen LogP contribution is -1.85. The number of hydrogen-bond donors (Lipinski definition) is 0. The van der Waals surface area contributed by atoms with Crippen LogP contribution in [0.3, 0.4) is 0 Å². The fraction of sp³-hybridized carbons (Fsp3) is 0. The summed E-state index contributed by atoms with van der Waals surface area (Å²) in [5, 5.41) is 0. The molecule has 1 aromatic rings. The van der Waals surface area contributed by atoms with E-state index < -0.39 is 0 Å². The molecule has 0 amide bonds. The van der Waals surface area contributed by atoms with Gasteiger partial charge in [-0.15, -0.1) is 0 Å². The summed E-state index contributed by atoms with van der Waals surface area (Å²) in [7, 11) is 0. The molecule has 0 aliphatic heterocycles. The molecule has 1 aromatic carbocycles. The first-order valence-corrected chi connectivity index (χ1v) is 2.52. The van der Waals surface area contributed by atoms with Crippen LogP contribution in [0.25, 0.3) is 0 Å². The summed E-state index contributed by atoms with van der Waals surface area (Å²) in [4.78, 5) is 9.63. The van der Waals surface area contributed by atoms with Gasteiger partial charge in [-0.1, -0.05) is 18.2 Å². The Kier molecular flexibility index (Phi) is 1.85. The molecule has 2 nitrogen and oxygen atoms in total. The van der Waals surface area contributed by atoms with E-state index in [0.717, 1.165) is 0 Å². The summed E-state index contributed by atoms with van der Waals surface area (Å²) in [5.74, 6) is 0.521. The van der Waals surface area contributed by atoms with Crippen molar-refractivity contribution in [3.8, 4) is 5.75 Å². The van der Waals surface area contributed by atoms with E-state index in [4.69, 9.17) is 0 Å². The van der Waals surface area contributed by atoms with Crippen LogP contribution in [0.4, 0.5) is 0 Å². The van der Waals surface area contributed by atoms with Gasteiger partial charge in [-0.05, 0) is 12.1 Å². The normalized spacial score (nSPS) is 8.44. The van der Waals surface area contributed by atoms with Gasteiger partial charge in [-0.3, -0.25) is 0 Å². The average molecular weight is 121 g/mol. The zero-order chi connectivity index (χ0) is 6.53. The zero-order valence-corrected chi connectivity index (χ0v) is 4.70. The van der Waals surface area contributed by atoms with Crippen LogP contribution in [0.5, 0.6) is 5.75 Å². The molecule has 0 heterocycles. The van der Waals surface area contributed by atoms with Gasteiger partial charge < -0.3 is 4.74 Å². The van der Waals surface area contributed by atoms with Gasteiger partial charge in [0.1, 0.15) is 5.75 Å². The molecular weight excluding hydrogens is 116 g/mol. The summed E-state index contributed by atoms with van der Waals surface area (Å²) >= 11 is 0. The monoisotopic (exact) mass is 121 g/mol. The maximum Gasteiger partial charge on any atom is 0.423 e. The van der Waals surface area contributed by atoms with Crippen LogP contribution >= 0.6 is 0 Å². The van der Waals surface area contributed by atoms with Crippen LogP contribution in [0.15, 0.2) is 30.3 Å². The molecule has 0 bridgehead atoms. The number of carbonyl (C=O) groups excluding carboxylic acids is 1. The van der Waals surface area contributed by atoms with E-state index in [1.54, 1.807) is 24.3 Å². The number of rotatable bonds is 2. The van der Waals surface area contributed by atoms with Crippen molar-refractivity contribution in [2.75, 3.05) is 0 Å². The summed E-state index contributed by atoms with van der Waals surface area (Å²) in [5.41, 5.74) is 0. The van der Waals surface area contributed by atoms with Crippen molar-refractivity contribution < 1.29 is 9.53 Å². The Morgan fingerprint density at radius 1 is 1.22 bits per heavy atom. The molecule has 0 spiro atoms. The Hall–Kier alpha value is -1.31. The molecule has 45 valence electrons. The molecule has 0 aliphatic carbocycles. The number of hydrogen-bond acceptors (Lipinski definition) is 2. The molecule has 1 rings (SSSR count). The number of ether oxygens (including phenoxy) is 1. The van der Waals surface area contributed by atoms with Gasteiger partial charge in [0, 0.05) is 0 Å². The lowest BCUT2D eigenvalue weighted by Gasteiger charge is -1.90. The highest BCUT2D eigenvalue weighted by Crippen LogP contribution is 2.05. The number of para-hydroxylation sites is 1. The van der Waals surface area contributed by atoms with E-state index in [9.17, 15) is 4.79 Å². The largest absolute Gasteiger partial charge is 0.423 e. The third kappa shape index (κ3) is 1.57. The summed E-state index contributed by atoms with van der Waals surface area (Å²) in [6.07, 6.45) is 0. The summed E-state index contributed by atoms with van der Waals surface area (Å²) in [6.45, 7) is 1.33. The minimum atomic E-state index is 0.521. The van der Waals surface area contributed by atoms with Crippen molar-refractivity contribution in [2.45, 2.75) is 0 Å². The van der Waals surface area contributed by atoms with Crippen LogP contribution < -0.4 is 4.74 Å². The van der Waals surface area contributed by atoms with E-state index in [-0.39, 0.29) is 0 Å². The SMILES string of the molecule is O=[C]Oc1ccccc1. The molecule has 0 unspecified atom stereocenters. The zero-order valence-electron chi connectivity index (χ0n) is 4.70. The molecule has 2 heteroatoms. The quantitative estimate of drug-likeness (QED) is 0.586. The van der Waals surface area contributed by atoms with Gasteiger partial charge in [0.15, 0.2) is 0 Å². The van der Waals surface area contributed by atoms with E-state index in [2.05, 4.69) is 4.74 Å². The molecule has 0 N–H and O–H groups in total. The highest BCUT2D eigenvalue weighted by molar-refractivity contribution is 5.45. The standard InChI is InChI=1S/C7H5O2/c8-6-9-7-4-2-1-3-5-7/h1-5H. The predicted octanol–water partition coefficient (Wildman–Crippen LogP) is 1.13. The van der Waals surface area contributed by atoms with Crippen molar-refractivity contribution in [3.05, 3.63) is 30.3 Å². The second-order valence-corrected chi connectivity index (χ2v) is 1.50. The Bertz CT molecular complexity index is 181. The van der Waals surface area contributed by atoms with Crippen LogP contribution in [-0.2, 0) is 4.79 Å². The second kappa shape index (κ2) is 2.87. The highest BCUT2D eigenvalue weighted by Gasteiger charge is 1.85. The number of benzene rings is 1. The first-order chi connectivity index (χ1) is 4.43. The van der Waals surface area contributed by atoms with Crippen molar-refractivity contribution >= 4 is 6.47 Å². The van der Waals surface area contributed by atoms with Gasteiger partial charge in [0.25, 0.3) is 0 Å². The molecule has 0 saturated carbocycles. The van der Waals surface area contributed by atoms with Gasteiger partial charge >= 0.3 is 6.47 Å². The molecule has 0 fully saturated rings. The van der Waals surface area contributed by atoms with Gasteiger partial charge in [0.05, 0.1) is 0 Å². The molecular formula is C7H5O2. The Labute approximate surface area is 53.1 Å². The summed E-state index contributed by atoms with van der Waals surface area (Å²) in [6, 6.07) is 8.78. The van der Waals surface area contributed by atoms with Gasteiger partial charge in [-0.2, -0.15) is 0 Å². The third-order valence-corrected chi connectivity index (χ3v) is 0.903. The Morgan fingerprint density at radius 3 is 2.44 bits per heavy atom. The minimum Gasteiger partial charge on any atom is -0.418 e. The predicted molar refractivity (Wildman–Crippen MR) is 32.8 cm³/mol. The van der Waals surface area contributed by atoms with Gasteiger partial charge in [-0.25, -0.2) is 4.79 Å². The fourth-order valence-corrected chi connectivity index (χ4v) is 0.537. The second-order valence-electron chi connectivity index (χ2n) is 1.50. The molecule has 0 saturated heterocycles. The van der Waals surface area contributed by atoms with Crippen molar-refractivity contribution in [1.29, 1.82) is 0 Å². The molecule has 9 heavy (non-hydrogen) atoms. The van der Waals surface area contributed by atoms with E-state index >= 15 is 0 Å². The Morgan fingerprint density at radius 2 is 1.89 bits per heavy atom. The minimum absolute atomic E-state index is 0.521. The molecule has 0 atom stereocenters. The van der Waals surface area contributed by atoms with Crippen LogP contribution in [0.1, 0.15) is 0 Å². The lowest BCUT2D eigenvalue weighted by atomic mass is 10.3. The van der Waals surface area contributed by atoms with E-state index in [1.165, 1.54) is 6.47 Å². The fourth-order valence-electron chi connectivity index (χ4n) is 0.537. The maximum atomic E-state index is 9.63. The highest BCUT2D eigenvalue weighted by atomic mass is 16.5. The summed E-state index contributed by atoms with van der Waals surface area (Å²) < 4.78 is 4.40. The lowest BCUT2D eigenvalue weighted by molar-refractivity contribution is 0.443. The van der Waals surface area contributed by atoms with Crippen LogP contribution in [-0.4, -0.2) is 6.47 Å². The average Bonchev–Trinajstić information content (AvgIpc) is 1.91. The first-order valence-electron chi connectivity index (χ1n) is 2.52. The Balaban J connectivity index is 2.72. The van der Waals surface area contributed by atoms with E-state index in [1.807, 2.05) is 6.07 Å². The van der Waals surface area contributed by atoms with Crippen LogP contribution in [0.2, 0.25) is 0 Å². The van der Waals surface area contributed by atoms with Crippen molar-refractivity contribution in [3.63, 3.8) is 0 Å². The van der Waals surface area contributed by atoms with Crippen molar-refractivity contribution in [1.82, 2.24) is 0 Å². The molecule has 0 aliphatic rings. The van der Waals surface area contributed by atoms with E-state index in [0.29, 0.717) is 5.75 Å². The van der Waals surface area contributed by atoms with Gasteiger partial charge in [0.2, 0.25) is 0 Å². The first kappa shape index (κ1) is 5.82. The smallest absolute Gasteiger partial charge is 0.418 e.